The second-order valence-corrected chi connectivity index (χ2v) is 9.41. The van der Waals surface area contributed by atoms with Crippen LogP contribution in [0, 0.1) is 11.6 Å². The zero-order chi connectivity index (χ0) is 24.4. The summed E-state index contributed by atoms with van der Waals surface area (Å²) in [6.45, 7) is 0.691. The van der Waals surface area contributed by atoms with Gasteiger partial charge in [0.15, 0.2) is 0 Å². The standard InChI is InChI=1S/C26H28F2N4O3/c27-19-13-20(28)15-22(14-19)32-24(33)30-23(29-21-9-4-5-10-21)26(32)11-6-12-31(17-26)25(34)35-16-18-7-2-1-3-8-18/h1-3,7-8,13-15,21H,4-6,9-12,16-17H2,(H,29,30,33). The van der Waals surface area contributed by atoms with Crippen molar-refractivity contribution in [1.82, 2.24) is 10.2 Å². The number of halogens is 2. The third-order valence-electron chi connectivity index (χ3n) is 6.97. The van der Waals surface area contributed by atoms with Crippen LogP contribution in [0.1, 0.15) is 44.1 Å². The summed E-state index contributed by atoms with van der Waals surface area (Å²) in [7, 11) is 0. The number of ether oxygens (including phenoxy) is 1. The molecule has 184 valence electrons. The lowest BCUT2D eigenvalue weighted by Gasteiger charge is -2.44. The molecule has 1 atom stereocenters. The van der Waals surface area contributed by atoms with E-state index in [1.165, 1.54) is 4.90 Å². The Bertz CT molecular complexity index is 1120. The lowest BCUT2D eigenvalue weighted by Crippen LogP contribution is -2.61. The minimum atomic E-state index is -1.05. The average molecular weight is 483 g/mol. The Balaban J connectivity index is 1.46. The number of benzene rings is 2. The van der Waals surface area contributed by atoms with Crippen molar-refractivity contribution >= 4 is 23.6 Å². The van der Waals surface area contributed by atoms with Crippen LogP contribution >= 0.6 is 0 Å². The number of rotatable bonds is 4. The fourth-order valence-corrected chi connectivity index (χ4v) is 5.35. The molecule has 2 aromatic rings. The normalized spacial score (nSPS) is 23.8. The van der Waals surface area contributed by atoms with Gasteiger partial charge in [-0.1, -0.05) is 43.2 Å². The van der Waals surface area contributed by atoms with E-state index in [0.29, 0.717) is 25.2 Å². The number of carbonyl (C=O) groups is 2. The number of hydrogen-bond acceptors (Lipinski definition) is 4. The molecule has 5 rings (SSSR count). The first-order valence-electron chi connectivity index (χ1n) is 12.1. The highest BCUT2D eigenvalue weighted by Crippen LogP contribution is 2.38. The van der Waals surface area contributed by atoms with Crippen LogP contribution in [0.25, 0.3) is 0 Å². The number of nitrogens with zero attached hydrogens (tertiary/aromatic N) is 3. The minimum absolute atomic E-state index is 0.0757. The summed E-state index contributed by atoms with van der Waals surface area (Å²) in [5, 5.41) is 2.86. The number of carbonyl (C=O) groups excluding carboxylic acids is 2. The van der Waals surface area contributed by atoms with E-state index < -0.39 is 29.3 Å². The lowest BCUT2D eigenvalue weighted by atomic mass is 9.86. The van der Waals surface area contributed by atoms with Gasteiger partial charge in [0.1, 0.15) is 29.6 Å². The Morgan fingerprint density at radius 3 is 2.51 bits per heavy atom. The fraction of sp³-hybridized carbons (Fsp3) is 0.423. The highest BCUT2D eigenvalue weighted by molar-refractivity contribution is 6.19. The topological polar surface area (TPSA) is 74.2 Å². The highest BCUT2D eigenvalue weighted by atomic mass is 19.1. The molecule has 2 saturated heterocycles. The summed E-state index contributed by atoms with van der Waals surface area (Å²) in [4.78, 5) is 34.0. The Hall–Kier alpha value is -3.49. The molecule has 0 bridgehead atoms. The van der Waals surface area contributed by atoms with E-state index in [0.717, 1.165) is 49.4 Å². The van der Waals surface area contributed by atoms with E-state index in [1.807, 2.05) is 30.3 Å². The van der Waals surface area contributed by atoms with Gasteiger partial charge in [-0.15, -0.1) is 0 Å². The van der Waals surface area contributed by atoms with Crippen LogP contribution in [0.15, 0.2) is 53.5 Å². The van der Waals surface area contributed by atoms with Crippen LogP contribution in [0.4, 0.5) is 24.1 Å². The monoisotopic (exact) mass is 482 g/mol. The van der Waals surface area contributed by atoms with E-state index in [4.69, 9.17) is 9.73 Å². The third-order valence-corrected chi connectivity index (χ3v) is 6.97. The summed E-state index contributed by atoms with van der Waals surface area (Å²) < 4.78 is 33.8. The number of nitrogens with one attached hydrogen (secondary N) is 1. The molecule has 1 aliphatic carbocycles. The predicted octanol–water partition coefficient (Wildman–Crippen LogP) is 5.01. The zero-order valence-corrected chi connectivity index (χ0v) is 19.4. The van der Waals surface area contributed by atoms with Gasteiger partial charge in [0.2, 0.25) is 0 Å². The van der Waals surface area contributed by atoms with Gasteiger partial charge >= 0.3 is 12.1 Å². The predicted molar refractivity (Wildman–Crippen MR) is 127 cm³/mol. The molecule has 1 saturated carbocycles. The van der Waals surface area contributed by atoms with E-state index in [-0.39, 0.29) is 24.9 Å². The number of aliphatic imine (C=N–C) groups is 1. The molecular formula is C26H28F2N4O3. The smallest absolute Gasteiger partial charge is 0.410 e. The van der Waals surface area contributed by atoms with Gasteiger partial charge in [-0.3, -0.25) is 15.2 Å². The molecule has 0 radical (unpaired) electrons. The molecule has 3 aliphatic rings. The van der Waals surface area contributed by atoms with Crippen molar-refractivity contribution in [2.75, 3.05) is 18.0 Å². The van der Waals surface area contributed by atoms with Crippen LogP contribution in [0.5, 0.6) is 0 Å². The maximum atomic E-state index is 14.1. The summed E-state index contributed by atoms with van der Waals surface area (Å²) >= 11 is 0. The van der Waals surface area contributed by atoms with Crippen molar-refractivity contribution in [2.24, 2.45) is 4.99 Å². The van der Waals surface area contributed by atoms with Crippen molar-refractivity contribution in [3.05, 3.63) is 65.7 Å². The van der Waals surface area contributed by atoms with Crippen molar-refractivity contribution in [3.8, 4) is 0 Å². The van der Waals surface area contributed by atoms with E-state index in [9.17, 15) is 18.4 Å². The number of amidine groups is 1. The molecule has 1 N–H and O–H groups in total. The molecule has 1 spiro atoms. The van der Waals surface area contributed by atoms with E-state index in [1.54, 1.807) is 4.90 Å². The summed E-state index contributed by atoms with van der Waals surface area (Å²) in [6, 6.07) is 12.0. The lowest BCUT2D eigenvalue weighted by molar-refractivity contribution is 0.0816. The van der Waals surface area contributed by atoms with Gasteiger partial charge in [0.05, 0.1) is 18.3 Å². The van der Waals surface area contributed by atoms with Crippen molar-refractivity contribution in [3.63, 3.8) is 0 Å². The fourth-order valence-electron chi connectivity index (χ4n) is 5.35. The SMILES string of the molecule is O=C(OCc1ccccc1)N1CCCC2(C1)C(=NC1CCCC1)NC(=O)N2c1cc(F)cc(F)c1. The van der Waals surface area contributed by atoms with Gasteiger partial charge in [0, 0.05) is 12.6 Å². The number of amides is 3. The van der Waals surface area contributed by atoms with Gasteiger partial charge in [-0.2, -0.15) is 0 Å². The van der Waals surface area contributed by atoms with Crippen LogP contribution in [-0.2, 0) is 11.3 Å². The largest absolute Gasteiger partial charge is 0.445 e. The molecule has 9 heteroatoms. The second-order valence-electron chi connectivity index (χ2n) is 9.41. The van der Waals surface area contributed by atoms with E-state index >= 15 is 0 Å². The molecule has 7 nitrogen and oxygen atoms in total. The van der Waals surface area contributed by atoms with Crippen molar-refractivity contribution in [1.29, 1.82) is 0 Å². The summed E-state index contributed by atoms with van der Waals surface area (Å²) in [6.07, 6.45) is 4.56. The zero-order valence-electron chi connectivity index (χ0n) is 19.4. The maximum absolute atomic E-state index is 14.1. The summed E-state index contributed by atoms with van der Waals surface area (Å²) in [5.41, 5.74) is -0.0917. The van der Waals surface area contributed by atoms with Crippen LogP contribution in [0.3, 0.4) is 0 Å². The van der Waals surface area contributed by atoms with Gasteiger partial charge < -0.3 is 9.64 Å². The average Bonchev–Trinajstić information content (AvgIpc) is 3.44. The quantitative estimate of drug-likeness (QED) is 0.666. The Morgan fingerprint density at radius 1 is 1.09 bits per heavy atom. The van der Waals surface area contributed by atoms with Gasteiger partial charge in [0.25, 0.3) is 0 Å². The second kappa shape index (κ2) is 9.64. The summed E-state index contributed by atoms with van der Waals surface area (Å²) in [5.74, 6) is -1.10. The maximum Gasteiger partial charge on any atom is 0.410 e. The molecular weight excluding hydrogens is 454 g/mol. The molecule has 35 heavy (non-hydrogen) atoms. The van der Waals surface area contributed by atoms with Crippen LogP contribution < -0.4 is 10.2 Å². The van der Waals surface area contributed by atoms with E-state index in [2.05, 4.69) is 5.32 Å². The Morgan fingerprint density at radius 2 is 1.80 bits per heavy atom. The molecule has 2 aromatic carbocycles. The molecule has 2 heterocycles. The molecule has 0 aromatic heterocycles. The first-order chi connectivity index (χ1) is 16.9. The Kier molecular flexibility index (Phi) is 6.40. The minimum Gasteiger partial charge on any atom is -0.445 e. The molecule has 2 aliphatic heterocycles. The first kappa shape index (κ1) is 23.3. The van der Waals surface area contributed by atoms with Crippen LogP contribution in [-0.4, -0.2) is 47.5 Å². The number of hydrogen-bond donors (Lipinski definition) is 1. The number of urea groups is 1. The van der Waals surface area contributed by atoms with Crippen LogP contribution in [0.2, 0.25) is 0 Å². The first-order valence-corrected chi connectivity index (χ1v) is 12.1. The number of piperidine rings is 1. The molecule has 3 amide bonds. The van der Waals surface area contributed by atoms with Crippen molar-refractivity contribution < 1.29 is 23.1 Å². The third kappa shape index (κ3) is 4.72. The highest BCUT2D eigenvalue weighted by Gasteiger charge is 2.55. The molecule has 1 unspecified atom stereocenters. The molecule has 3 fully saturated rings. The number of likely N-dealkylation sites (tertiary alicyclic amines) is 1. The number of anilines is 1. The van der Waals surface area contributed by atoms with Gasteiger partial charge in [-0.05, 0) is 43.4 Å². The Labute approximate surface area is 202 Å². The van der Waals surface area contributed by atoms with Crippen molar-refractivity contribution in [2.45, 2.75) is 56.7 Å². The van der Waals surface area contributed by atoms with Gasteiger partial charge in [-0.25, -0.2) is 18.4 Å².